The van der Waals surface area contributed by atoms with Crippen LogP contribution in [0.25, 0.3) is 0 Å². The minimum absolute atomic E-state index is 0.131. The SMILES string of the molecule is NC1CC(=O)N(Cc2ccccc2)C1=O. The van der Waals surface area contributed by atoms with Crippen molar-refractivity contribution in [2.24, 2.45) is 5.73 Å². The van der Waals surface area contributed by atoms with Gasteiger partial charge in [-0.05, 0) is 5.56 Å². The summed E-state index contributed by atoms with van der Waals surface area (Å²) in [5.41, 5.74) is 6.44. The highest BCUT2D eigenvalue weighted by Gasteiger charge is 2.35. The lowest BCUT2D eigenvalue weighted by Gasteiger charge is -2.13. The van der Waals surface area contributed by atoms with Gasteiger partial charge in [-0.15, -0.1) is 0 Å². The van der Waals surface area contributed by atoms with Gasteiger partial charge in [0.05, 0.1) is 19.0 Å². The number of likely N-dealkylation sites (tertiary alicyclic amines) is 1. The maximum absolute atomic E-state index is 11.5. The third-order valence-corrected chi connectivity index (χ3v) is 2.46. The van der Waals surface area contributed by atoms with Crippen LogP contribution in [0.1, 0.15) is 12.0 Å². The van der Waals surface area contributed by atoms with Gasteiger partial charge in [-0.25, -0.2) is 0 Å². The second-order valence-electron chi connectivity index (χ2n) is 3.61. The van der Waals surface area contributed by atoms with Crippen molar-refractivity contribution >= 4 is 11.8 Å². The molecule has 0 radical (unpaired) electrons. The lowest BCUT2D eigenvalue weighted by Crippen LogP contribution is -2.34. The number of hydrogen-bond donors (Lipinski definition) is 1. The van der Waals surface area contributed by atoms with Crippen LogP contribution in [-0.2, 0) is 16.1 Å². The second kappa shape index (κ2) is 3.82. The minimum Gasteiger partial charge on any atom is -0.319 e. The third-order valence-electron chi connectivity index (χ3n) is 2.46. The maximum atomic E-state index is 11.5. The van der Waals surface area contributed by atoms with Crippen molar-refractivity contribution in [1.29, 1.82) is 0 Å². The molecule has 2 N–H and O–H groups in total. The molecule has 0 saturated carbocycles. The normalized spacial score (nSPS) is 21.1. The summed E-state index contributed by atoms with van der Waals surface area (Å²) in [5, 5.41) is 0. The fourth-order valence-electron chi connectivity index (χ4n) is 1.64. The van der Waals surface area contributed by atoms with Crippen LogP contribution < -0.4 is 5.73 Å². The van der Waals surface area contributed by atoms with E-state index in [4.69, 9.17) is 5.73 Å². The highest BCUT2D eigenvalue weighted by Crippen LogP contribution is 2.14. The van der Waals surface area contributed by atoms with Crippen LogP contribution in [0.15, 0.2) is 30.3 Å². The van der Waals surface area contributed by atoms with Gasteiger partial charge < -0.3 is 5.73 Å². The first kappa shape index (κ1) is 9.86. The van der Waals surface area contributed by atoms with Gasteiger partial charge >= 0.3 is 0 Å². The summed E-state index contributed by atoms with van der Waals surface area (Å²) in [6.07, 6.45) is 0.131. The van der Waals surface area contributed by atoms with E-state index in [9.17, 15) is 9.59 Å². The fraction of sp³-hybridized carbons (Fsp3) is 0.273. The number of nitrogens with two attached hydrogens (primary N) is 1. The number of imide groups is 1. The average molecular weight is 204 g/mol. The van der Waals surface area contributed by atoms with Gasteiger partial charge in [0.2, 0.25) is 11.8 Å². The summed E-state index contributed by atoms with van der Waals surface area (Å²) in [6.45, 7) is 0.326. The van der Waals surface area contributed by atoms with Crippen LogP contribution in [0.5, 0.6) is 0 Å². The van der Waals surface area contributed by atoms with Crippen molar-refractivity contribution in [3.8, 4) is 0 Å². The standard InChI is InChI=1S/C11H12N2O2/c12-9-6-10(14)13(11(9)15)7-8-4-2-1-3-5-8/h1-5,9H,6-7,12H2. The van der Waals surface area contributed by atoms with Crippen LogP contribution >= 0.6 is 0 Å². The number of benzene rings is 1. The molecule has 1 heterocycles. The molecule has 1 aromatic rings. The molecule has 4 heteroatoms. The van der Waals surface area contributed by atoms with Crippen molar-refractivity contribution < 1.29 is 9.59 Å². The van der Waals surface area contributed by atoms with Crippen LogP contribution in [-0.4, -0.2) is 22.8 Å². The molecular formula is C11H12N2O2. The van der Waals surface area contributed by atoms with E-state index in [0.717, 1.165) is 5.56 Å². The van der Waals surface area contributed by atoms with Gasteiger partial charge in [-0.3, -0.25) is 14.5 Å². The molecule has 0 spiro atoms. The summed E-state index contributed by atoms with van der Waals surface area (Å²) >= 11 is 0. The zero-order valence-corrected chi connectivity index (χ0v) is 8.22. The zero-order chi connectivity index (χ0) is 10.8. The Labute approximate surface area is 87.7 Å². The first-order valence-corrected chi connectivity index (χ1v) is 4.82. The molecular weight excluding hydrogens is 192 g/mol. The molecule has 1 saturated heterocycles. The number of carbonyl (C=O) groups excluding carboxylic acids is 2. The first-order chi connectivity index (χ1) is 7.18. The summed E-state index contributed by atoms with van der Waals surface area (Å²) in [4.78, 5) is 24.1. The maximum Gasteiger partial charge on any atom is 0.246 e. The van der Waals surface area contributed by atoms with Gasteiger partial charge in [0.15, 0.2) is 0 Å². The molecule has 78 valence electrons. The lowest BCUT2D eigenvalue weighted by atomic mass is 10.2. The highest BCUT2D eigenvalue weighted by atomic mass is 16.2. The molecule has 1 unspecified atom stereocenters. The molecule has 2 amide bonds. The summed E-state index contributed by atoms with van der Waals surface area (Å²) < 4.78 is 0. The number of nitrogens with zero attached hydrogens (tertiary/aromatic N) is 1. The van der Waals surface area contributed by atoms with Crippen molar-refractivity contribution in [3.05, 3.63) is 35.9 Å². The van der Waals surface area contributed by atoms with Crippen molar-refractivity contribution in [2.75, 3.05) is 0 Å². The molecule has 1 aliphatic rings. The Bertz CT molecular complexity index is 389. The van der Waals surface area contributed by atoms with Crippen molar-refractivity contribution in [2.45, 2.75) is 19.0 Å². The van der Waals surface area contributed by atoms with Crippen LogP contribution in [0.4, 0.5) is 0 Å². The van der Waals surface area contributed by atoms with Gasteiger partial charge in [0, 0.05) is 0 Å². The number of carbonyl (C=O) groups is 2. The summed E-state index contributed by atoms with van der Waals surface area (Å²) in [5.74, 6) is -0.458. The number of amides is 2. The zero-order valence-electron chi connectivity index (χ0n) is 8.22. The van der Waals surface area contributed by atoms with Crippen LogP contribution in [0.2, 0.25) is 0 Å². The monoisotopic (exact) mass is 204 g/mol. The lowest BCUT2D eigenvalue weighted by molar-refractivity contribution is -0.139. The molecule has 1 fully saturated rings. The number of hydrogen-bond acceptors (Lipinski definition) is 3. The molecule has 4 nitrogen and oxygen atoms in total. The Balaban J connectivity index is 2.13. The van der Waals surface area contributed by atoms with E-state index in [1.165, 1.54) is 4.90 Å². The van der Waals surface area contributed by atoms with E-state index >= 15 is 0 Å². The van der Waals surface area contributed by atoms with E-state index in [0.29, 0.717) is 6.54 Å². The Kier molecular flexibility index (Phi) is 2.51. The Morgan fingerprint density at radius 3 is 2.47 bits per heavy atom. The predicted octanol–water partition coefficient (Wildman–Crippen LogP) is 0.273. The van der Waals surface area contributed by atoms with Gasteiger partial charge in [0.1, 0.15) is 0 Å². The molecule has 1 aliphatic heterocycles. The average Bonchev–Trinajstić information content (AvgIpc) is 2.47. The Hall–Kier alpha value is -1.68. The molecule has 1 atom stereocenters. The van der Waals surface area contributed by atoms with E-state index in [1.807, 2.05) is 30.3 Å². The third kappa shape index (κ3) is 1.89. The van der Waals surface area contributed by atoms with Crippen LogP contribution in [0.3, 0.4) is 0 Å². The highest BCUT2D eigenvalue weighted by molar-refractivity contribution is 6.05. The predicted molar refractivity (Wildman–Crippen MR) is 54.6 cm³/mol. The van der Waals surface area contributed by atoms with Gasteiger partial charge in [0.25, 0.3) is 0 Å². The van der Waals surface area contributed by atoms with Crippen molar-refractivity contribution in [1.82, 2.24) is 4.90 Å². The fourth-order valence-corrected chi connectivity index (χ4v) is 1.64. The Morgan fingerprint density at radius 2 is 1.93 bits per heavy atom. The summed E-state index contributed by atoms with van der Waals surface area (Å²) in [7, 11) is 0. The summed E-state index contributed by atoms with van der Waals surface area (Å²) in [6, 6.07) is 8.75. The molecule has 0 aromatic heterocycles. The van der Waals surface area contributed by atoms with Gasteiger partial charge in [-0.1, -0.05) is 30.3 Å². The van der Waals surface area contributed by atoms with Crippen LogP contribution in [0, 0.1) is 0 Å². The largest absolute Gasteiger partial charge is 0.319 e. The quantitative estimate of drug-likeness (QED) is 0.703. The minimum atomic E-state index is -0.652. The Morgan fingerprint density at radius 1 is 1.27 bits per heavy atom. The smallest absolute Gasteiger partial charge is 0.246 e. The number of rotatable bonds is 2. The first-order valence-electron chi connectivity index (χ1n) is 4.82. The van der Waals surface area contributed by atoms with E-state index in [1.54, 1.807) is 0 Å². The van der Waals surface area contributed by atoms with Crippen molar-refractivity contribution in [3.63, 3.8) is 0 Å². The molecule has 15 heavy (non-hydrogen) atoms. The molecule has 0 aliphatic carbocycles. The molecule has 2 rings (SSSR count). The topological polar surface area (TPSA) is 63.4 Å². The second-order valence-corrected chi connectivity index (χ2v) is 3.61. The van der Waals surface area contributed by atoms with E-state index in [2.05, 4.69) is 0 Å². The van der Waals surface area contributed by atoms with E-state index < -0.39 is 6.04 Å². The molecule has 0 bridgehead atoms. The van der Waals surface area contributed by atoms with E-state index in [-0.39, 0.29) is 18.2 Å². The molecule has 1 aromatic carbocycles. The van der Waals surface area contributed by atoms with Gasteiger partial charge in [-0.2, -0.15) is 0 Å².